The Morgan fingerprint density at radius 3 is 2.27 bits per heavy atom. The maximum absolute atomic E-state index is 13.9. The van der Waals surface area contributed by atoms with Crippen LogP contribution in [0.2, 0.25) is 5.02 Å². The summed E-state index contributed by atoms with van der Waals surface area (Å²) in [5.41, 5.74) is 1.93. The first-order valence-electron chi connectivity index (χ1n) is 13.0. The maximum atomic E-state index is 13.9. The second-order valence-corrected chi connectivity index (χ2v) is 10.6. The fraction of sp³-hybridized carbons (Fsp3) is 0.367. The highest BCUT2D eigenvalue weighted by Crippen LogP contribution is 2.47. The minimum atomic E-state index is -1.12. The van der Waals surface area contributed by atoms with Gasteiger partial charge in [0.2, 0.25) is 0 Å². The quantitative estimate of drug-likeness (QED) is 0.231. The molecule has 1 saturated carbocycles. The van der Waals surface area contributed by atoms with E-state index in [0.29, 0.717) is 23.1 Å². The number of fused-ring (bicyclic) bond motifs is 1. The van der Waals surface area contributed by atoms with E-state index < -0.39 is 10.6 Å². The Morgan fingerprint density at radius 1 is 0.973 bits per heavy atom. The standard InChI is InChI=1S/C30H31ClN2O4/c1-2-21-7-9-23(10-8-21)20-37-30(24-13-15-25(31)16-14-24)28-6-4-3-5-27(28)29(34)32(30)19-22-11-17-26(18-12-22)33(35)36/h3-6,11-18,21,23H,2,7-10,19-20H2,1H3. The molecule has 1 fully saturated rings. The molecule has 0 aromatic heterocycles. The topological polar surface area (TPSA) is 72.7 Å². The van der Waals surface area contributed by atoms with Crippen LogP contribution in [-0.4, -0.2) is 22.3 Å². The molecular weight excluding hydrogens is 488 g/mol. The van der Waals surface area contributed by atoms with Gasteiger partial charge in [0.25, 0.3) is 11.6 Å². The van der Waals surface area contributed by atoms with Gasteiger partial charge in [-0.1, -0.05) is 80.3 Å². The van der Waals surface area contributed by atoms with Crippen LogP contribution < -0.4 is 0 Å². The highest BCUT2D eigenvalue weighted by Gasteiger charge is 2.52. The number of nitrogens with zero attached hydrogens (tertiary/aromatic N) is 2. The van der Waals surface area contributed by atoms with E-state index in [1.165, 1.54) is 31.4 Å². The van der Waals surface area contributed by atoms with Gasteiger partial charge in [0.05, 0.1) is 11.5 Å². The van der Waals surface area contributed by atoms with Crippen molar-refractivity contribution in [2.75, 3.05) is 6.61 Å². The third kappa shape index (κ3) is 4.88. The smallest absolute Gasteiger partial charge is 0.269 e. The van der Waals surface area contributed by atoms with E-state index in [1.54, 1.807) is 17.0 Å². The van der Waals surface area contributed by atoms with Crippen molar-refractivity contribution in [3.8, 4) is 0 Å². The number of ether oxygens (including phenoxy) is 1. The van der Waals surface area contributed by atoms with Crippen LogP contribution in [0, 0.1) is 22.0 Å². The lowest BCUT2D eigenvalue weighted by Crippen LogP contribution is -2.47. The molecule has 3 aromatic rings. The van der Waals surface area contributed by atoms with Gasteiger partial charge in [0.1, 0.15) is 0 Å². The Hall–Kier alpha value is -3.22. The van der Waals surface area contributed by atoms with Gasteiger partial charge in [-0.3, -0.25) is 19.8 Å². The minimum absolute atomic E-state index is 0.0164. The zero-order valence-corrected chi connectivity index (χ0v) is 21.7. The monoisotopic (exact) mass is 518 g/mol. The predicted molar refractivity (Wildman–Crippen MR) is 143 cm³/mol. The number of non-ortho nitro benzene ring substituents is 1. The summed E-state index contributed by atoms with van der Waals surface area (Å²) in [6.07, 6.45) is 5.87. The molecule has 2 aliphatic rings. The molecule has 0 radical (unpaired) electrons. The number of rotatable bonds is 8. The maximum Gasteiger partial charge on any atom is 0.269 e. The molecule has 0 saturated heterocycles. The van der Waals surface area contributed by atoms with E-state index in [1.807, 2.05) is 48.5 Å². The third-order valence-corrected chi connectivity index (χ3v) is 8.19. The molecule has 0 bridgehead atoms. The van der Waals surface area contributed by atoms with E-state index in [4.69, 9.17) is 16.3 Å². The molecule has 1 unspecified atom stereocenters. The number of halogens is 1. The molecule has 0 N–H and O–H groups in total. The number of hydrogen-bond donors (Lipinski definition) is 0. The van der Waals surface area contributed by atoms with Crippen molar-refractivity contribution in [2.24, 2.45) is 11.8 Å². The fourth-order valence-corrected chi connectivity index (χ4v) is 5.88. The van der Waals surface area contributed by atoms with Gasteiger partial charge in [-0.25, -0.2) is 0 Å². The van der Waals surface area contributed by atoms with Crippen molar-refractivity contribution in [1.29, 1.82) is 0 Å². The van der Waals surface area contributed by atoms with Crippen molar-refractivity contribution in [3.63, 3.8) is 0 Å². The highest BCUT2D eigenvalue weighted by atomic mass is 35.5. The summed E-state index contributed by atoms with van der Waals surface area (Å²) in [4.78, 5) is 26.4. The van der Waals surface area contributed by atoms with Crippen LogP contribution in [0.4, 0.5) is 5.69 Å². The lowest BCUT2D eigenvalue weighted by Gasteiger charge is -2.41. The molecule has 1 aliphatic heterocycles. The van der Waals surface area contributed by atoms with E-state index in [0.717, 1.165) is 35.4 Å². The molecule has 7 heteroatoms. The molecule has 1 amide bonds. The number of hydrogen-bond acceptors (Lipinski definition) is 4. The lowest BCUT2D eigenvalue weighted by molar-refractivity contribution is -0.384. The van der Waals surface area contributed by atoms with E-state index in [9.17, 15) is 14.9 Å². The van der Waals surface area contributed by atoms with Gasteiger partial charge in [-0.2, -0.15) is 0 Å². The zero-order valence-electron chi connectivity index (χ0n) is 20.9. The van der Waals surface area contributed by atoms with Crippen molar-refractivity contribution < 1.29 is 14.5 Å². The molecular formula is C30H31ClN2O4. The van der Waals surface area contributed by atoms with E-state index in [2.05, 4.69) is 6.92 Å². The van der Waals surface area contributed by atoms with Gasteiger partial charge in [-0.15, -0.1) is 0 Å². The lowest BCUT2D eigenvalue weighted by atomic mass is 9.81. The summed E-state index contributed by atoms with van der Waals surface area (Å²) in [6.45, 7) is 3.04. The number of nitro groups is 1. The second kappa shape index (κ2) is 10.6. The van der Waals surface area contributed by atoms with Crippen molar-refractivity contribution in [1.82, 2.24) is 4.90 Å². The SMILES string of the molecule is CCC1CCC(COC2(c3ccc(Cl)cc3)c3ccccc3C(=O)N2Cc2ccc([N+](=O)[O-])cc2)CC1. The van der Waals surface area contributed by atoms with Crippen LogP contribution in [0.1, 0.15) is 66.1 Å². The van der Waals surface area contributed by atoms with Crippen LogP contribution in [0.5, 0.6) is 0 Å². The number of amides is 1. The highest BCUT2D eigenvalue weighted by molar-refractivity contribution is 6.30. The van der Waals surface area contributed by atoms with Crippen LogP contribution in [0.15, 0.2) is 72.8 Å². The van der Waals surface area contributed by atoms with E-state index in [-0.39, 0.29) is 18.1 Å². The molecule has 1 heterocycles. The zero-order chi connectivity index (χ0) is 26.0. The molecule has 3 aromatic carbocycles. The molecule has 192 valence electrons. The third-order valence-electron chi connectivity index (χ3n) is 7.94. The van der Waals surface area contributed by atoms with Crippen molar-refractivity contribution in [3.05, 3.63) is 110 Å². The summed E-state index contributed by atoms with van der Waals surface area (Å²) in [5, 5.41) is 11.8. The molecule has 0 spiro atoms. The first-order chi connectivity index (χ1) is 17.9. The van der Waals surface area contributed by atoms with Crippen LogP contribution in [0.3, 0.4) is 0 Å². The molecule has 1 atom stereocenters. The number of benzene rings is 3. The van der Waals surface area contributed by atoms with Crippen LogP contribution in [-0.2, 0) is 17.0 Å². The van der Waals surface area contributed by atoms with Gasteiger partial charge in [0, 0.05) is 40.4 Å². The average Bonchev–Trinajstić information content (AvgIpc) is 3.16. The minimum Gasteiger partial charge on any atom is -0.347 e. The summed E-state index contributed by atoms with van der Waals surface area (Å²) in [5.74, 6) is 1.09. The number of carbonyl (C=O) groups is 1. The number of nitro benzene ring substituents is 1. The average molecular weight is 519 g/mol. The summed E-state index contributed by atoms with van der Waals surface area (Å²) < 4.78 is 6.92. The Bertz CT molecular complexity index is 1270. The Morgan fingerprint density at radius 2 is 1.62 bits per heavy atom. The normalized spacial score (nSPS) is 23.2. The summed E-state index contributed by atoms with van der Waals surface area (Å²) in [7, 11) is 0. The largest absolute Gasteiger partial charge is 0.347 e. The Balaban J connectivity index is 1.55. The second-order valence-electron chi connectivity index (χ2n) is 10.1. The fourth-order valence-electron chi connectivity index (χ4n) is 5.76. The van der Waals surface area contributed by atoms with Gasteiger partial charge < -0.3 is 4.74 Å². The van der Waals surface area contributed by atoms with E-state index >= 15 is 0 Å². The Labute approximate surface area is 222 Å². The molecule has 6 nitrogen and oxygen atoms in total. The summed E-state index contributed by atoms with van der Waals surface area (Å²) >= 11 is 6.25. The summed E-state index contributed by atoms with van der Waals surface area (Å²) in [6, 6.07) is 21.4. The van der Waals surface area contributed by atoms with Crippen molar-refractivity contribution >= 4 is 23.2 Å². The Kier molecular flexibility index (Phi) is 7.31. The van der Waals surface area contributed by atoms with Gasteiger partial charge in [0.15, 0.2) is 5.72 Å². The molecule has 1 aliphatic carbocycles. The van der Waals surface area contributed by atoms with Gasteiger partial charge in [-0.05, 0) is 48.4 Å². The number of carbonyl (C=O) groups excluding carboxylic acids is 1. The first kappa shape index (κ1) is 25.4. The molecule has 5 rings (SSSR count). The van der Waals surface area contributed by atoms with Crippen molar-refractivity contribution in [2.45, 2.75) is 51.3 Å². The first-order valence-corrected chi connectivity index (χ1v) is 13.3. The molecule has 37 heavy (non-hydrogen) atoms. The van der Waals surface area contributed by atoms with Crippen LogP contribution in [0.25, 0.3) is 0 Å². The van der Waals surface area contributed by atoms with Crippen LogP contribution >= 0.6 is 11.6 Å². The predicted octanol–water partition coefficient (Wildman–Crippen LogP) is 7.34. The van der Waals surface area contributed by atoms with Gasteiger partial charge >= 0.3 is 0 Å².